The first-order chi connectivity index (χ1) is 11.7. The first-order valence-electron chi connectivity index (χ1n) is 8.18. The summed E-state index contributed by atoms with van der Waals surface area (Å²) in [5.74, 6) is 1.60. The Morgan fingerprint density at radius 3 is 2.92 bits per heavy atom. The summed E-state index contributed by atoms with van der Waals surface area (Å²) in [6, 6.07) is 7.45. The SMILES string of the molecule is Cc1nnc([C@@H]2CCCN(C(=O)[C@H]3COc4ccccc4O3)C2)s1. The van der Waals surface area contributed by atoms with Crippen LogP contribution in [0, 0.1) is 6.92 Å². The molecule has 1 amide bonds. The van der Waals surface area contributed by atoms with Crippen LogP contribution in [0.25, 0.3) is 0 Å². The van der Waals surface area contributed by atoms with Gasteiger partial charge in [-0.1, -0.05) is 12.1 Å². The van der Waals surface area contributed by atoms with E-state index >= 15 is 0 Å². The predicted octanol–water partition coefficient (Wildman–Crippen LogP) is 2.39. The minimum atomic E-state index is -0.574. The van der Waals surface area contributed by atoms with Gasteiger partial charge < -0.3 is 14.4 Å². The highest BCUT2D eigenvalue weighted by molar-refractivity contribution is 7.11. The summed E-state index contributed by atoms with van der Waals surface area (Å²) >= 11 is 1.62. The molecule has 0 N–H and O–H groups in total. The number of aromatic nitrogens is 2. The van der Waals surface area contributed by atoms with Crippen LogP contribution < -0.4 is 9.47 Å². The molecule has 0 radical (unpaired) electrons. The van der Waals surface area contributed by atoms with Gasteiger partial charge in [-0.3, -0.25) is 4.79 Å². The van der Waals surface area contributed by atoms with E-state index < -0.39 is 6.10 Å². The van der Waals surface area contributed by atoms with E-state index in [1.807, 2.05) is 36.1 Å². The lowest BCUT2D eigenvalue weighted by atomic mass is 9.98. The zero-order chi connectivity index (χ0) is 16.5. The quantitative estimate of drug-likeness (QED) is 0.836. The first-order valence-corrected chi connectivity index (χ1v) is 8.99. The normalized spacial score (nSPS) is 23.1. The molecule has 0 spiro atoms. The number of hydrogen-bond donors (Lipinski definition) is 0. The zero-order valence-corrected chi connectivity index (χ0v) is 14.3. The number of amides is 1. The summed E-state index contributed by atoms with van der Waals surface area (Å²) in [6.07, 6.45) is 1.44. The van der Waals surface area contributed by atoms with Gasteiger partial charge in [0.05, 0.1) is 0 Å². The molecular formula is C17H19N3O3S. The molecule has 3 heterocycles. The second-order valence-corrected chi connectivity index (χ2v) is 7.36. The number of aryl methyl sites for hydroxylation is 1. The Balaban J connectivity index is 1.45. The van der Waals surface area contributed by atoms with Crippen molar-refractivity contribution in [2.45, 2.75) is 31.8 Å². The van der Waals surface area contributed by atoms with Gasteiger partial charge in [-0.05, 0) is 31.9 Å². The molecule has 6 nitrogen and oxygen atoms in total. The number of ether oxygens (including phenoxy) is 2. The van der Waals surface area contributed by atoms with Crippen LogP contribution >= 0.6 is 11.3 Å². The number of fused-ring (bicyclic) bond motifs is 1. The zero-order valence-electron chi connectivity index (χ0n) is 13.5. The number of para-hydroxylation sites is 2. The van der Waals surface area contributed by atoms with Gasteiger partial charge in [0, 0.05) is 19.0 Å². The lowest BCUT2D eigenvalue weighted by molar-refractivity contribution is -0.142. The fraction of sp³-hybridized carbons (Fsp3) is 0.471. The van der Waals surface area contributed by atoms with Gasteiger partial charge in [0.15, 0.2) is 11.5 Å². The van der Waals surface area contributed by atoms with E-state index in [1.165, 1.54) is 0 Å². The highest BCUT2D eigenvalue weighted by Crippen LogP contribution is 2.33. The molecule has 0 saturated carbocycles. The molecule has 2 atom stereocenters. The van der Waals surface area contributed by atoms with Gasteiger partial charge in [0.25, 0.3) is 5.91 Å². The topological polar surface area (TPSA) is 64.6 Å². The Morgan fingerprint density at radius 1 is 1.29 bits per heavy atom. The van der Waals surface area contributed by atoms with Crippen LogP contribution in [-0.4, -0.2) is 46.8 Å². The molecule has 1 fully saturated rings. The van der Waals surface area contributed by atoms with Crippen LogP contribution in [-0.2, 0) is 4.79 Å². The number of rotatable bonds is 2. The number of benzene rings is 1. The fourth-order valence-corrected chi connectivity index (χ4v) is 4.03. The maximum absolute atomic E-state index is 12.8. The second kappa shape index (κ2) is 6.39. The smallest absolute Gasteiger partial charge is 0.267 e. The maximum atomic E-state index is 12.8. The van der Waals surface area contributed by atoms with Crippen molar-refractivity contribution in [2.24, 2.45) is 0 Å². The highest BCUT2D eigenvalue weighted by atomic mass is 32.1. The number of likely N-dealkylation sites (tertiary alicyclic amines) is 1. The van der Waals surface area contributed by atoms with Crippen LogP contribution in [0.3, 0.4) is 0 Å². The standard InChI is InChI=1S/C17H19N3O3S/c1-11-18-19-16(24-11)12-5-4-8-20(9-12)17(21)15-10-22-13-6-2-3-7-14(13)23-15/h2-3,6-7,12,15H,4-5,8-10H2,1H3/t12-,15-/m1/s1. The molecule has 0 unspecified atom stereocenters. The van der Waals surface area contributed by atoms with Crippen molar-refractivity contribution in [2.75, 3.05) is 19.7 Å². The molecule has 0 bridgehead atoms. The van der Waals surface area contributed by atoms with Crippen molar-refractivity contribution < 1.29 is 14.3 Å². The molecule has 1 aromatic heterocycles. The van der Waals surface area contributed by atoms with Crippen LogP contribution in [0.2, 0.25) is 0 Å². The average molecular weight is 345 g/mol. The summed E-state index contributed by atoms with van der Waals surface area (Å²) in [4.78, 5) is 14.7. The molecule has 2 aliphatic heterocycles. The molecule has 0 aliphatic carbocycles. The summed E-state index contributed by atoms with van der Waals surface area (Å²) < 4.78 is 11.5. The Labute approximate surface area is 144 Å². The van der Waals surface area contributed by atoms with Gasteiger partial charge in [0.1, 0.15) is 16.6 Å². The summed E-state index contributed by atoms with van der Waals surface area (Å²) in [5, 5.41) is 10.3. The first kappa shape index (κ1) is 15.4. The van der Waals surface area contributed by atoms with E-state index in [1.54, 1.807) is 11.3 Å². The van der Waals surface area contributed by atoms with E-state index in [9.17, 15) is 4.79 Å². The van der Waals surface area contributed by atoms with E-state index in [2.05, 4.69) is 10.2 Å². The van der Waals surface area contributed by atoms with Crippen molar-refractivity contribution in [1.29, 1.82) is 0 Å². The molecule has 1 saturated heterocycles. The van der Waals surface area contributed by atoms with Crippen molar-refractivity contribution >= 4 is 17.2 Å². The summed E-state index contributed by atoms with van der Waals surface area (Å²) in [7, 11) is 0. The van der Waals surface area contributed by atoms with Crippen LogP contribution in [0.4, 0.5) is 0 Å². The predicted molar refractivity (Wildman–Crippen MR) is 89.6 cm³/mol. The number of hydrogen-bond acceptors (Lipinski definition) is 6. The van der Waals surface area contributed by atoms with Crippen molar-refractivity contribution in [3.63, 3.8) is 0 Å². The molecule has 24 heavy (non-hydrogen) atoms. The van der Waals surface area contributed by atoms with Crippen molar-refractivity contribution in [3.05, 3.63) is 34.3 Å². The third-order valence-electron chi connectivity index (χ3n) is 4.41. The Morgan fingerprint density at radius 2 is 2.12 bits per heavy atom. The Kier molecular flexibility index (Phi) is 4.10. The van der Waals surface area contributed by atoms with E-state index in [0.717, 1.165) is 29.4 Å². The molecule has 2 aromatic rings. The molecule has 2 aliphatic rings. The molecule has 1 aromatic carbocycles. The molecular weight excluding hydrogens is 326 g/mol. The molecule has 126 valence electrons. The van der Waals surface area contributed by atoms with Gasteiger partial charge in [0.2, 0.25) is 6.10 Å². The van der Waals surface area contributed by atoms with Gasteiger partial charge in [-0.25, -0.2) is 0 Å². The number of carbonyl (C=O) groups excluding carboxylic acids is 1. The number of piperidine rings is 1. The molecule has 4 rings (SSSR count). The third kappa shape index (κ3) is 2.96. The van der Waals surface area contributed by atoms with E-state index in [0.29, 0.717) is 18.0 Å². The van der Waals surface area contributed by atoms with Crippen LogP contribution in [0.1, 0.15) is 28.8 Å². The van der Waals surface area contributed by atoms with Crippen LogP contribution in [0.15, 0.2) is 24.3 Å². The highest BCUT2D eigenvalue weighted by Gasteiger charge is 2.34. The number of carbonyl (C=O) groups is 1. The van der Waals surface area contributed by atoms with Gasteiger partial charge in [-0.15, -0.1) is 21.5 Å². The fourth-order valence-electron chi connectivity index (χ4n) is 3.20. The van der Waals surface area contributed by atoms with E-state index in [4.69, 9.17) is 9.47 Å². The van der Waals surface area contributed by atoms with Gasteiger partial charge >= 0.3 is 0 Å². The Bertz CT molecular complexity index is 748. The maximum Gasteiger partial charge on any atom is 0.267 e. The lowest BCUT2D eigenvalue weighted by Gasteiger charge is -2.35. The van der Waals surface area contributed by atoms with Crippen molar-refractivity contribution in [1.82, 2.24) is 15.1 Å². The minimum absolute atomic E-state index is 0.00422. The monoisotopic (exact) mass is 345 g/mol. The summed E-state index contributed by atoms with van der Waals surface area (Å²) in [6.45, 7) is 3.65. The largest absolute Gasteiger partial charge is 0.485 e. The minimum Gasteiger partial charge on any atom is -0.485 e. The molecule has 7 heteroatoms. The third-order valence-corrected chi connectivity index (χ3v) is 5.41. The Hall–Kier alpha value is -2.15. The average Bonchev–Trinajstić information content (AvgIpc) is 3.07. The summed E-state index contributed by atoms with van der Waals surface area (Å²) in [5.41, 5.74) is 0. The van der Waals surface area contributed by atoms with Gasteiger partial charge in [-0.2, -0.15) is 0 Å². The van der Waals surface area contributed by atoms with Crippen LogP contribution in [0.5, 0.6) is 11.5 Å². The van der Waals surface area contributed by atoms with Crippen molar-refractivity contribution in [3.8, 4) is 11.5 Å². The number of nitrogens with zero attached hydrogens (tertiary/aromatic N) is 3. The second-order valence-electron chi connectivity index (χ2n) is 6.15. The lowest BCUT2D eigenvalue weighted by Crippen LogP contribution is -2.49. The van der Waals surface area contributed by atoms with E-state index in [-0.39, 0.29) is 18.4 Å².